The summed E-state index contributed by atoms with van der Waals surface area (Å²) >= 11 is 0. The predicted octanol–water partition coefficient (Wildman–Crippen LogP) is 2.54. The standard InChI is InChI=1S/C13H20N2/c1-2-10-6-3-4-8-12(10)15-13-9-5-7-11(13)14/h3-4,6,8,11,13,15H,2,5,7,9,14H2,1H3. The molecule has 2 unspecified atom stereocenters. The minimum atomic E-state index is 0.329. The largest absolute Gasteiger partial charge is 0.381 e. The molecule has 1 aliphatic carbocycles. The molecule has 0 bridgehead atoms. The van der Waals surface area contributed by atoms with Gasteiger partial charge in [-0.2, -0.15) is 0 Å². The highest BCUT2D eigenvalue weighted by molar-refractivity contribution is 5.52. The van der Waals surface area contributed by atoms with Gasteiger partial charge in [0.25, 0.3) is 0 Å². The van der Waals surface area contributed by atoms with Crippen LogP contribution in [0.3, 0.4) is 0 Å². The molecule has 82 valence electrons. The third-order valence-corrected chi connectivity index (χ3v) is 3.31. The average Bonchev–Trinajstić information content (AvgIpc) is 2.65. The summed E-state index contributed by atoms with van der Waals surface area (Å²) in [7, 11) is 0. The van der Waals surface area contributed by atoms with E-state index in [2.05, 4.69) is 36.5 Å². The molecule has 0 saturated heterocycles. The molecule has 0 aliphatic heterocycles. The van der Waals surface area contributed by atoms with Crippen molar-refractivity contribution in [1.29, 1.82) is 0 Å². The molecule has 0 aromatic heterocycles. The molecule has 2 nitrogen and oxygen atoms in total. The second-order valence-electron chi connectivity index (χ2n) is 4.36. The Kier molecular flexibility index (Phi) is 3.27. The lowest BCUT2D eigenvalue weighted by molar-refractivity contribution is 0.637. The van der Waals surface area contributed by atoms with Gasteiger partial charge in [0.15, 0.2) is 0 Å². The number of rotatable bonds is 3. The van der Waals surface area contributed by atoms with Gasteiger partial charge in [0.05, 0.1) is 0 Å². The first-order valence-electron chi connectivity index (χ1n) is 5.91. The normalized spacial score (nSPS) is 25.5. The summed E-state index contributed by atoms with van der Waals surface area (Å²) in [5.41, 5.74) is 8.71. The van der Waals surface area contributed by atoms with Crippen molar-refractivity contribution in [2.75, 3.05) is 5.32 Å². The van der Waals surface area contributed by atoms with E-state index in [9.17, 15) is 0 Å². The molecule has 1 aromatic carbocycles. The van der Waals surface area contributed by atoms with Gasteiger partial charge in [0.2, 0.25) is 0 Å². The molecule has 2 heteroatoms. The van der Waals surface area contributed by atoms with E-state index in [0.717, 1.165) is 12.8 Å². The number of nitrogens with one attached hydrogen (secondary N) is 1. The maximum Gasteiger partial charge on any atom is 0.0412 e. The Morgan fingerprint density at radius 2 is 2.13 bits per heavy atom. The Bertz CT molecular complexity index is 322. The van der Waals surface area contributed by atoms with Crippen molar-refractivity contribution in [3.05, 3.63) is 29.8 Å². The zero-order chi connectivity index (χ0) is 10.7. The van der Waals surface area contributed by atoms with Crippen LogP contribution in [0.25, 0.3) is 0 Å². The molecule has 0 radical (unpaired) electrons. The van der Waals surface area contributed by atoms with Crippen LogP contribution >= 0.6 is 0 Å². The van der Waals surface area contributed by atoms with Crippen molar-refractivity contribution in [1.82, 2.24) is 0 Å². The molecule has 1 aromatic rings. The number of para-hydroxylation sites is 1. The van der Waals surface area contributed by atoms with Crippen LogP contribution in [0.2, 0.25) is 0 Å². The van der Waals surface area contributed by atoms with Gasteiger partial charge in [-0.15, -0.1) is 0 Å². The second-order valence-corrected chi connectivity index (χ2v) is 4.36. The Morgan fingerprint density at radius 1 is 1.33 bits per heavy atom. The summed E-state index contributed by atoms with van der Waals surface area (Å²) in [6.45, 7) is 2.19. The van der Waals surface area contributed by atoms with Crippen LogP contribution in [-0.2, 0) is 6.42 Å². The van der Waals surface area contributed by atoms with Crippen molar-refractivity contribution in [3.8, 4) is 0 Å². The maximum absolute atomic E-state index is 6.06. The summed E-state index contributed by atoms with van der Waals surface area (Å²) in [5.74, 6) is 0. The first-order chi connectivity index (χ1) is 7.31. The van der Waals surface area contributed by atoms with Crippen LogP contribution in [-0.4, -0.2) is 12.1 Å². The molecule has 15 heavy (non-hydrogen) atoms. The first-order valence-corrected chi connectivity index (χ1v) is 5.91. The minimum Gasteiger partial charge on any atom is -0.381 e. The van der Waals surface area contributed by atoms with Gasteiger partial charge in [-0.3, -0.25) is 0 Å². The number of nitrogens with two attached hydrogens (primary N) is 1. The fourth-order valence-corrected chi connectivity index (χ4v) is 2.34. The number of hydrogen-bond donors (Lipinski definition) is 2. The molecular weight excluding hydrogens is 184 g/mol. The van der Waals surface area contributed by atoms with Gasteiger partial charge in [0.1, 0.15) is 0 Å². The van der Waals surface area contributed by atoms with E-state index >= 15 is 0 Å². The van der Waals surface area contributed by atoms with Crippen LogP contribution in [0.4, 0.5) is 5.69 Å². The van der Waals surface area contributed by atoms with Crippen molar-refractivity contribution in [2.24, 2.45) is 5.73 Å². The van der Waals surface area contributed by atoms with Crippen molar-refractivity contribution in [3.63, 3.8) is 0 Å². The van der Waals surface area contributed by atoms with Gasteiger partial charge in [-0.25, -0.2) is 0 Å². The van der Waals surface area contributed by atoms with Crippen molar-refractivity contribution in [2.45, 2.75) is 44.7 Å². The van der Waals surface area contributed by atoms with E-state index in [4.69, 9.17) is 5.73 Å². The summed E-state index contributed by atoms with van der Waals surface area (Å²) in [4.78, 5) is 0. The molecule has 1 aliphatic rings. The van der Waals surface area contributed by atoms with Crippen LogP contribution in [0, 0.1) is 0 Å². The van der Waals surface area contributed by atoms with E-state index in [1.165, 1.54) is 24.1 Å². The zero-order valence-corrected chi connectivity index (χ0v) is 9.37. The molecule has 0 spiro atoms. The summed E-state index contributed by atoms with van der Waals surface area (Å²) in [6.07, 6.45) is 4.70. The predicted molar refractivity (Wildman–Crippen MR) is 65.1 cm³/mol. The van der Waals surface area contributed by atoms with Gasteiger partial charge in [-0.05, 0) is 37.3 Å². The third-order valence-electron chi connectivity index (χ3n) is 3.31. The summed E-state index contributed by atoms with van der Waals surface area (Å²) in [5, 5.41) is 3.59. The minimum absolute atomic E-state index is 0.329. The molecule has 2 atom stereocenters. The quantitative estimate of drug-likeness (QED) is 0.794. The number of benzene rings is 1. The van der Waals surface area contributed by atoms with E-state index < -0.39 is 0 Å². The number of aryl methyl sites for hydroxylation is 1. The van der Waals surface area contributed by atoms with Crippen molar-refractivity contribution >= 4 is 5.69 Å². The number of hydrogen-bond acceptors (Lipinski definition) is 2. The Labute approximate surface area is 91.9 Å². The van der Waals surface area contributed by atoms with Crippen LogP contribution in [0.5, 0.6) is 0 Å². The second kappa shape index (κ2) is 4.67. The Morgan fingerprint density at radius 3 is 2.80 bits per heavy atom. The zero-order valence-electron chi connectivity index (χ0n) is 9.37. The van der Waals surface area contributed by atoms with E-state index in [-0.39, 0.29) is 0 Å². The van der Waals surface area contributed by atoms with Gasteiger partial charge < -0.3 is 11.1 Å². The SMILES string of the molecule is CCc1ccccc1NC1CCCC1N. The lowest BCUT2D eigenvalue weighted by Gasteiger charge is -2.20. The fourth-order valence-electron chi connectivity index (χ4n) is 2.34. The van der Waals surface area contributed by atoms with Crippen LogP contribution in [0.1, 0.15) is 31.7 Å². The van der Waals surface area contributed by atoms with Crippen LogP contribution < -0.4 is 11.1 Å². The fraction of sp³-hybridized carbons (Fsp3) is 0.538. The average molecular weight is 204 g/mol. The Balaban J connectivity index is 2.09. The lowest BCUT2D eigenvalue weighted by atomic mass is 10.1. The number of anilines is 1. The highest BCUT2D eigenvalue weighted by Crippen LogP contribution is 2.24. The molecule has 2 rings (SSSR count). The lowest BCUT2D eigenvalue weighted by Crippen LogP contribution is -2.35. The Hall–Kier alpha value is -1.02. The third kappa shape index (κ3) is 2.32. The topological polar surface area (TPSA) is 38.0 Å². The first kappa shape index (κ1) is 10.5. The molecule has 1 fully saturated rings. The molecular formula is C13H20N2. The molecule has 1 saturated carbocycles. The molecule has 0 amide bonds. The summed E-state index contributed by atoms with van der Waals surface area (Å²) < 4.78 is 0. The summed E-state index contributed by atoms with van der Waals surface area (Å²) in [6, 6.07) is 9.32. The molecule has 3 N–H and O–H groups in total. The van der Waals surface area contributed by atoms with Crippen molar-refractivity contribution < 1.29 is 0 Å². The van der Waals surface area contributed by atoms with Gasteiger partial charge >= 0.3 is 0 Å². The van der Waals surface area contributed by atoms with Gasteiger partial charge in [0, 0.05) is 17.8 Å². The van der Waals surface area contributed by atoms with E-state index in [1.54, 1.807) is 0 Å². The van der Waals surface area contributed by atoms with E-state index in [0.29, 0.717) is 12.1 Å². The molecule has 0 heterocycles. The van der Waals surface area contributed by atoms with Crippen LogP contribution in [0.15, 0.2) is 24.3 Å². The van der Waals surface area contributed by atoms with Gasteiger partial charge in [-0.1, -0.05) is 25.1 Å². The van der Waals surface area contributed by atoms with E-state index in [1.807, 2.05) is 0 Å². The monoisotopic (exact) mass is 204 g/mol. The highest BCUT2D eigenvalue weighted by atomic mass is 15.0. The maximum atomic E-state index is 6.06. The highest BCUT2D eigenvalue weighted by Gasteiger charge is 2.23. The smallest absolute Gasteiger partial charge is 0.0412 e.